The molecule has 1 N–H and O–H groups in total. The van der Waals surface area contributed by atoms with Gasteiger partial charge in [0.15, 0.2) is 0 Å². The summed E-state index contributed by atoms with van der Waals surface area (Å²) >= 11 is 2.24. The number of fused-ring (bicyclic) bond motifs is 2. The van der Waals surface area contributed by atoms with Crippen LogP contribution < -0.4 is 10.2 Å². The molecule has 4 nitrogen and oxygen atoms in total. The summed E-state index contributed by atoms with van der Waals surface area (Å²) in [7, 11) is 2.14. The first-order valence-electron chi connectivity index (χ1n) is 6.65. The highest BCUT2D eigenvalue weighted by Gasteiger charge is 2.33. The lowest BCUT2D eigenvalue weighted by Gasteiger charge is -2.32. The van der Waals surface area contributed by atoms with Crippen LogP contribution in [0.4, 0.5) is 5.82 Å². The first-order valence-corrected chi connectivity index (χ1v) is 7.73. The maximum Gasteiger partial charge on any atom is 0.132 e. The molecule has 0 spiro atoms. The lowest BCUT2D eigenvalue weighted by atomic mass is 9.92. The predicted octanol–water partition coefficient (Wildman–Crippen LogP) is 2.05. The first kappa shape index (κ1) is 12.6. The van der Waals surface area contributed by atoms with Crippen molar-refractivity contribution in [3.8, 4) is 0 Å². The van der Waals surface area contributed by atoms with E-state index in [2.05, 4.69) is 55.9 Å². The van der Waals surface area contributed by atoms with E-state index in [1.807, 2.05) is 0 Å². The second kappa shape index (κ2) is 5.28. The zero-order chi connectivity index (χ0) is 12.5. The molecule has 0 saturated carbocycles. The highest BCUT2D eigenvalue weighted by Crippen LogP contribution is 2.31. The van der Waals surface area contributed by atoms with Crippen LogP contribution in [0.5, 0.6) is 0 Å². The zero-order valence-electron chi connectivity index (χ0n) is 10.6. The summed E-state index contributed by atoms with van der Waals surface area (Å²) < 4.78 is 1.01. The number of nitrogens with one attached hydrogen (secondary N) is 1. The van der Waals surface area contributed by atoms with Crippen LogP contribution in [0.15, 0.2) is 12.4 Å². The quantitative estimate of drug-likeness (QED) is 0.663. The third kappa shape index (κ3) is 2.77. The minimum atomic E-state index is 0.771. The van der Waals surface area contributed by atoms with Gasteiger partial charge >= 0.3 is 0 Å². The summed E-state index contributed by atoms with van der Waals surface area (Å²) in [5.41, 5.74) is 0. The summed E-state index contributed by atoms with van der Waals surface area (Å²) in [4.78, 5) is 10.8. The van der Waals surface area contributed by atoms with Crippen molar-refractivity contribution in [3.05, 3.63) is 16.1 Å². The third-order valence-electron chi connectivity index (χ3n) is 4.11. The molecular weight excluding hydrogens is 339 g/mol. The summed E-state index contributed by atoms with van der Waals surface area (Å²) in [5.74, 6) is 1.85. The summed E-state index contributed by atoms with van der Waals surface area (Å²) in [6.07, 6.45) is 7.04. The summed E-state index contributed by atoms with van der Waals surface area (Å²) in [5, 5.41) is 3.70. The lowest BCUT2D eigenvalue weighted by molar-refractivity contribution is 0.303. The van der Waals surface area contributed by atoms with Gasteiger partial charge in [0.2, 0.25) is 0 Å². The number of piperidine rings is 1. The molecule has 3 heterocycles. The van der Waals surface area contributed by atoms with Crippen LogP contribution in [0.2, 0.25) is 0 Å². The van der Waals surface area contributed by atoms with Crippen LogP contribution in [0.3, 0.4) is 0 Å². The van der Waals surface area contributed by atoms with E-state index in [9.17, 15) is 0 Å². The van der Waals surface area contributed by atoms with Gasteiger partial charge in [-0.15, -0.1) is 0 Å². The molecule has 98 valence electrons. The van der Waals surface area contributed by atoms with Crippen molar-refractivity contribution in [2.75, 3.05) is 18.5 Å². The maximum absolute atomic E-state index is 4.35. The fraction of sp³-hybridized carbons (Fsp3) is 0.692. The number of nitrogens with zero attached hydrogens (tertiary/aromatic N) is 3. The van der Waals surface area contributed by atoms with Crippen LogP contribution in [0.1, 0.15) is 25.7 Å². The van der Waals surface area contributed by atoms with Crippen molar-refractivity contribution in [2.24, 2.45) is 5.92 Å². The summed E-state index contributed by atoms with van der Waals surface area (Å²) in [6, 6.07) is 3.59. The third-order valence-corrected chi connectivity index (χ3v) is 4.70. The van der Waals surface area contributed by atoms with Crippen molar-refractivity contribution >= 4 is 28.4 Å². The monoisotopic (exact) mass is 358 g/mol. The second-order valence-corrected chi connectivity index (χ2v) is 6.66. The van der Waals surface area contributed by atoms with Crippen molar-refractivity contribution in [2.45, 2.75) is 37.8 Å². The van der Waals surface area contributed by atoms with E-state index in [0.29, 0.717) is 0 Å². The molecule has 18 heavy (non-hydrogen) atoms. The van der Waals surface area contributed by atoms with E-state index < -0.39 is 0 Å². The highest BCUT2D eigenvalue weighted by molar-refractivity contribution is 14.1. The molecule has 0 amide bonds. The van der Waals surface area contributed by atoms with Crippen LogP contribution in [0, 0.1) is 9.62 Å². The number of aromatic nitrogens is 2. The molecule has 2 bridgehead atoms. The zero-order valence-corrected chi connectivity index (χ0v) is 12.8. The molecule has 0 aromatic carbocycles. The fourth-order valence-electron chi connectivity index (χ4n) is 3.34. The lowest BCUT2D eigenvalue weighted by Crippen LogP contribution is -2.41. The smallest absolute Gasteiger partial charge is 0.132 e. The molecule has 5 heteroatoms. The van der Waals surface area contributed by atoms with Gasteiger partial charge in [0.25, 0.3) is 0 Å². The van der Waals surface area contributed by atoms with Crippen LogP contribution in [-0.4, -0.2) is 35.6 Å². The van der Waals surface area contributed by atoms with Crippen molar-refractivity contribution in [3.63, 3.8) is 0 Å². The van der Waals surface area contributed by atoms with Crippen molar-refractivity contribution < 1.29 is 0 Å². The molecule has 1 aromatic rings. The Bertz CT molecular complexity index is 413. The molecular formula is C13H19IN4. The molecule has 0 radical (unpaired) electrons. The minimum Gasteiger partial charge on any atom is -0.359 e. The minimum absolute atomic E-state index is 0.771. The number of anilines is 1. The molecule has 1 aromatic heterocycles. The Morgan fingerprint density at radius 2 is 2.06 bits per heavy atom. The van der Waals surface area contributed by atoms with Crippen LogP contribution in [-0.2, 0) is 0 Å². The molecule has 0 aliphatic carbocycles. The van der Waals surface area contributed by atoms with Gasteiger partial charge in [-0.25, -0.2) is 9.97 Å². The second-order valence-electron chi connectivity index (χ2n) is 5.55. The molecule has 3 rings (SSSR count). The van der Waals surface area contributed by atoms with Gasteiger partial charge in [-0.1, -0.05) is 0 Å². The predicted molar refractivity (Wildman–Crippen MR) is 80.7 cm³/mol. The number of rotatable bonds is 3. The number of hydrogen-bond donors (Lipinski definition) is 1. The fourth-order valence-corrected chi connectivity index (χ4v) is 3.74. The maximum atomic E-state index is 4.35. The number of hydrogen-bond acceptors (Lipinski definition) is 4. The Balaban J connectivity index is 1.62. The Morgan fingerprint density at radius 3 is 2.72 bits per heavy atom. The number of halogens is 1. The van der Waals surface area contributed by atoms with Gasteiger partial charge in [0.05, 0.1) is 0 Å². The van der Waals surface area contributed by atoms with Gasteiger partial charge in [-0.2, -0.15) is 0 Å². The SMILES string of the molecule is CN(CC1CC2CCC(C1)N2)c1cc(I)ncn1. The standard InChI is InChI=1S/C13H19IN4/c1-18(13-6-12(14)15-8-16-13)7-9-4-10-2-3-11(5-9)17-10/h6,8-11,17H,2-5,7H2,1H3. The van der Waals surface area contributed by atoms with Crippen LogP contribution in [0.25, 0.3) is 0 Å². The highest BCUT2D eigenvalue weighted by atomic mass is 127. The van der Waals surface area contributed by atoms with Crippen molar-refractivity contribution in [1.82, 2.24) is 15.3 Å². The largest absolute Gasteiger partial charge is 0.359 e. The Labute approximate surface area is 122 Å². The first-order chi connectivity index (χ1) is 8.70. The van der Waals surface area contributed by atoms with E-state index in [0.717, 1.165) is 34.1 Å². The Kier molecular flexibility index (Phi) is 3.70. The van der Waals surface area contributed by atoms with E-state index in [1.165, 1.54) is 25.7 Å². The normalized spacial score (nSPS) is 30.4. The van der Waals surface area contributed by atoms with Crippen molar-refractivity contribution in [1.29, 1.82) is 0 Å². The topological polar surface area (TPSA) is 41.0 Å². The van der Waals surface area contributed by atoms with Gasteiger partial charge < -0.3 is 10.2 Å². The van der Waals surface area contributed by atoms with Gasteiger partial charge in [-0.05, 0) is 54.2 Å². The molecule has 2 atom stereocenters. The molecule has 2 saturated heterocycles. The van der Waals surface area contributed by atoms with E-state index in [-0.39, 0.29) is 0 Å². The van der Waals surface area contributed by atoms with Gasteiger partial charge in [-0.3, -0.25) is 0 Å². The van der Waals surface area contributed by atoms with Gasteiger partial charge in [0, 0.05) is 31.7 Å². The molecule has 2 aliphatic rings. The van der Waals surface area contributed by atoms with E-state index in [4.69, 9.17) is 0 Å². The van der Waals surface area contributed by atoms with Gasteiger partial charge in [0.1, 0.15) is 15.8 Å². The summed E-state index contributed by atoms with van der Waals surface area (Å²) in [6.45, 7) is 1.11. The Hall–Kier alpha value is -0.430. The molecule has 2 fully saturated rings. The Morgan fingerprint density at radius 1 is 1.33 bits per heavy atom. The van der Waals surface area contributed by atoms with E-state index in [1.54, 1.807) is 6.33 Å². The average Bonchev–Trinajstić information content (AvgIpc) is 2.69. The van der Waals surface area contributed by atoms with Crippen LogP contribution >= 0.6 is 22.6 Å². The van der Waals surface area contributed by atoms with E-state index >= 15 is 0 Å². The average molecular weight is 358 g/mol. The molecule has 2 unspecified atom stereocenters. The molecule has 2 aliphatic heterocycles.